The van der Waals surface area contributed by atoms with Crippen molar-refractivity contribution in [3.8, 4) is 11.5 Å². The predicted octanol–water partition coefficient (Wildman–Crippen LogP) is 3.84. The van der Waals surface area contributed by atoms with Crippen molar-refractivity contribution in [2.75, 3.05) is 12.1 Å². The maximum Gasteiger partial charge on any atom is 0.231 e. The Bertz CT molecular complexity index is 750. The zero-order valence-electron chi connectivity index (χ0n) is 12.6. The minimum absolute atomic E-state index is 0.0312. The van der Waals surface area contributed by atoms with Gasteiger partial charge in [0.2, 0.25) is 6.79 Å². The number of ether oxygens (including phenoxy) is 2. The molecular formula is C18H17NO3. The number of hydrogen-bond acceptors (Lipinski definition) is 4. The Hall–Kier alpha value is -2.75. The topological polar surface area (TPSA) is 47.6 Å². The molecule has 1 aliphatic heterocycles. The SMILES string of the molecule is Cc1ccc(C(=O)/C=C/Nc2ccc3c(c2)OCO3)cc1C. The van der Waals surface area contributed by atoms with Gasteiger partial charge in [-0.3, -0.25) is 4.79 Å². The minimum atomic E-state index is -0.0312. The summed E-state index contributed by atoms with van der Waals surface area (Å²) >= 11 is 0. The van der Waals surface area contributed by atoms with Crippen LogP contribution in [0.2, 0.25) is 0 Å². The molecule has 4 nitrogen and oxygen atoms in total. The summed E-state index contributed by atoms with van der Waals surface area (Å²) in [6.07, 6.45) is 3.16. The molecule has 22 heavy (non-hydrogen) atoms. The maximum absolute atomic E-state index is 12.1. The first kappa shape index (κ1) is 14.2. The van der Waals surface area contributed by atoms with Gasteiger partial charge in [-0.2, -0.15) is 0 Å². The highest BCUT2D eigenvalue weighted by molar-refractivity contribution is 6.04. The van der Waals surface area contributed by atoms with E-state index in [0.717, 1.165) is 17.0 Å². The third-order valence-corrected chi connectivity index (χ3v) is 3.65. The molecule has 0 bridgehead atoms. The van der Waals surface area contributed by atoms with Crippen LogP contribution in [0.1, 0.15) is 21.5 Å². The maximum atomic E-state index is 12.1. The van der Waals surface area contributed by atoms with Gasteiger partial charge in [0.05, 0.1) is 0 Å². The summed E-state index contributed by atoms with van der Waals surface area (Å²) in [6.45, 7) is 4.28. The molecule has 2 aromatic rings. The van der Waals surface area contributed by atoms with E-state index in [1.807, 2.05) is 50.2 Å². The van der Waals surface area contributed by atoms with Crippen LogP contribution in [0.3, 0.4) is 0 Å². The molecule has 0 spiro atoms. The van der Waals surface area contributed by atoms with Crippen molar-refractivity contribution in [1.29, 1.82) is 0 Å². The van der Waals surface area contributed by atoms with Crippen molar-refractivity contribution >= 4 is 11.5 Å². The molecule has 0 aliphatic carbocycles. The number of nitrogens with one attached hydrogen (secondary N) is 1. The molecule has 0 aromatic heterocycles. The number of hydrogen-bond donors (Lipinski definition) is 1. The van der Waals surface area contributed by atoms with E-state index in [4.69, 9.17) is 9.47 Å². The van der Waals surface area contributed by atoms with Gasteiger partial charge >= 0.3 is 0 Å². The van der Waals surface area contributed by atoms with Crippen molar-refractivity contribution in [3.63, 3.8) is 0 Å². The van der Waals surface area contributed by atoms with Gasteiger partial charge in [0.1, 0.15) is 0 Å². The van der Waals surface area contributed by atoms with E-state index in [-0.39, 0.29) is 12.6 Å². The monoisotopic (exact) mass is 295 g/mol. The van der Waals surface area contributed by atoms with Gasteiger partial charge in [0.25, 0.3) is 0 Å². The number of allylic oxidation sites excluding steroid dienone is 1. The van der Waals surface area contributed by atoms with Crippen molar-refractivity contribution in [2.24, 2.45) is 0 Å². The van der Waals surface area contributed by atoms with Crippen LogP contribution in [0.5, 0.6) is 11.5 Å². The largest absolute Gasteiger partial charge is 0.454 e. The van der Waals surface area contributed by atoms with Crippen LogP contribution in [0.25, 0.3) is 0 Å². The average Bonchev–Trinajstić information content (AvgIpc) is 2.97. The lowest BCUT2D eigenvalue weighted by molar-refractivity contribution is 0.104. The summed E-state index contributed by atoms with van der Waals surface area (Å²) in [4.78, 5) is 12.1. The third-order valence-electron chi connectivity index (χ3n) is 3.65. The molecule has 0 radical (unpaired) electrons. The fraction of sp³-hybridized carbons (Fsp3) is 0.167. The second-order valence-electron chi connectivity index (χ2n) is 5.21. The van der Waals surface area contributed by atoms with Crippen LogP contribution in [-0.2, 0) is 0 Å². The molecule has 2 aromatic carbocycles. The number of benzene rings is 2. The molecule has 0 unspecified atom stereocenters. The molecule has 0 saturated heterocycles. The van der Waals surface area contributed by atoms with Crippen molar-refractivity contribution in [1.82, 2.24) is 0 Å². The Labute approximate surface area is 129 Å². The van der Waals surface area contributed by atoms with Gasteiger partial charge < -0.3 is 14.8 Å². The fourth-order valence-electron chi connectivity index (χ4n) is 2.19. The lowest BCUT2D eigenvalue weighted by Gasteiger charge is -2.03. The van der Waals surface area contributed by atoms with Crippen molar-refractivity contribution in [3.05, 3.63) is 65.4 Å². The van der Waals surface area contributed by atoms with Gasteiger partial charge in [-0.1, -0.05) is 12.1 Å². The lowest BCUT2D eigenvalue weighted by atomic mass is 10.0. The van der Waals surface area contributed by atoms with Gasteiger partial charge in [0.15, 0.2) is 17.3 Å². The van der Waals surface area contributed by atoms with Crippen LogP contribution in [0, 0.1) is 13.8 Å². The Morgan fingerprint density at radius 3 is 2.68 bits per heavy atom. The van der Waals surface area contributed by atoms with E-state index in [1.165, 1.54) is 11.6 Å². The number of anilines is 1. The summed E-state index contributed by atoms with van der Waals surface area (Å²) in [5.74, 6) is 1.41. The summed E-state index contributed by atoms with van der Waals surface area (Å²) in [5, 5.41) is 3.06. The van der Waals surface area contributed by atoms with Gasteiger partial charge in [0, 0.05) is 29.6 Å². The standard InChI is InChI=1S/C18H17NO3/c1-12-3-4-14(9-13(12)2)16(20)7-8-19-15-5-6-17-18(10-15)22-11-21-17/h3-10,19H,11H2,1-2H3/b8-7+. The number of ketones is 1. The zero-order valence-corrected chi connectivity index (χ0v) is 12.6. The van der Waals surface area contributed by atoms with Crippen LogP contribution >= 0.6 is 0 Å². The van der Waals surface area contributed by atoms with E-state index in [2.05, 4.69) is 5.32 Å². The first-order valence-corrected chi connectivity index (χ1v) is 7.08. The molecule has 0 atom stereocenters. The predicted molar refractivity (Wildman–Crippen MR) is 85.6 cm³/mol. The van der Waals surface area contributed by atoms with Crippen molar-refractivity contribution in [2.45, 2.75) is 13.8 Å². The highest BCUT2D eigenvalue weighted by Gasteiger charge is 2.12. The average molecular weight is 295 g/mol. The molecule has 4 heteroatoms. The molecule has 1 aliphatic rings. The zero-order chi connectivity index (χ0) is 15.5. The summed E-state index contributed by atoms with van der Waals surface area (Å²) in [7, 11) is 0. The second-order valence-corrected chi connectivity index (χ2v) is 5.21. The van der Waals surface area contributed by atoms with E-state index in [1.54, 1.807) is 6.20 Å². The van der Waals surface area contributed by atoms with Gasteiger partial charge in [-0.05, 0) is 43.2 Å². The number of aryl methyl sites for hydroxylation is 2. The number of carbonyl (C=O) groups is 1. The molecule has 0 fully saturated rings. The summed E-state index contributed by atoms with van der Waals surface area (Å²) in [6, 6.07) is 11.3. The summed E-state index contributed by atoms with van der Waals surface area (Å²) in [5.41, 5.74) is 3.82. The quantitative estimate of drug-likeness (QED) is 0.687. The molecule has 1 N–H and O–H groups in total. The van der Waals surface area contributed by atoms with Gasteiger partial charge in [-0.25, -0.2) is 0 Å². The fourth-order valence-corrected chi connectivity index (χ4v) is 2.19. The van der Waals surface area contributed by atoms with E-state index in [9.17, 15) is 4.79 Å². The summed E-state index contributed by atoms with van der Waals surface area (Å²) < 4.78 is 10.6. The smallest absolute Gasteiger partial charge is 0.231 e. The number of fused-ring (bicyclic) bond motifs is 1. The lowest BCUT2D eigenvalue weighted by Crippen LogP contribution is -1.97. The highest BCUT2D eigenvalue weighted by Crippen LogP contribution is 2.34. The number of rotatable bonds is 4. The normalized spacial score (nSPS) is 12.6. The minimum Gasteiger partial charge on any atom is -0.454 e. The van der Waals surface area contributed by atoms with Crippen LogP contribution < -0.4 is 14.8 Å². The molecule has 0 amide bonds. The van der Waals surface area contributed by atoms with Crippen LogP contribution in [0.4, 0.5) is 5.69 Å². The van der Waals surface area contributed by atoms with Gasteiger partial charge in [-0.15, -0.1) is 0 Å². The Morgan fingerprint density at radius 1 is 1.05 bits per heavy atom. The van der Waals surface area contributed by atoms with E-state index < -0.39 is 0 Å². The second kappa shape index (κ2) is 5.93. The third kappa shape index (κ3) is 2.96. The Morgan fingerprint density at radius 2 is 1.86 bits per heavy atom. The Kier molecular flexibility index (Phi) is 3.83. The molecule has 3 rings (SSSR count). The molecule has 0 saturated carbocycles. The van der Waals surface area contributed by atoms with Crippen molar-refractivity contribution < 1.29 is 14.3 Å². The Balaban J connectivity index is 1.66. The van der Waals surface area contributed by atoms with Crippen LogP contribution in [-0.4, -0.2) is 12.6 Å². The highest BCUT2D eigenvalue weighted by atomic mass is 16.7. The van der Waals surface area contributed by atoms with E-state index in [0.29, 0.717) is 11.3 Å². The van der Waals surface area contributed by atoms with Crippen LogP contribution in [0.15, 0.2) is 48.7 Å². The number of carbonyl (C=O) groups excluding carboxylic acids is 1. The first-order valence-electron chi connectivity index (χ1n) is 7.08. The molecular weight excluding hydrogens is 278 g/mol. The molecule has 1 heterocycles. The molecule has 112 valence electrons. The first-order chi connectivity index (χ1) is 10.6. The van der Waals surface area contributed by atoms with E-state index >= 15 is 0 Å².